The van der Waals surface area contributed by atoms with E-state index >= 15 is 8.78 Å². The number of hydrogen-bond donors (Lipinski definition) is 2. The third kappa shape index (κ3) is 5.63. The van der Waals surface area contributed by atoms with Crippen LogP contribution in [0.4, 0.5) is 8.78 Å². The van der Waals surface area contributed by atoms with E-state index in [4.69, 9.17) is 9.47 Å². The minimum atomic E-state index is -1.64. The lowest BCUT2D eigenvalue weighted by molar-refractivity contribution is -0.0590. The molecule has 0 amide bonds. The summed E-state index contributed by atoms with van der Waals surface area (Å²) in [6.07, 6.45) is 0.0831. The minimum Gasteiger partial charge on any atom is -0.471 e. The first-order valence-electron chi connectivity index (χ1n) is 13.9. The number of imidazole rings is 1. The van der Waals surface area contributed by atoms with Gasteiger partial charge in [-0.2, -0.15) is 5.10 Å². The van der Waals surface area contributed by atoms with Gasteiger partial charge in [0.2, 0.25) is 5.88 Å². The molecular formula is C31H31F2N5O4. The van der Waals surface area contributed by atoms with Crippen molar-refractivity contribution >= 4 is 11.0 Å². The van der Waals surface area contributed by atoms with Gasteiger partial charge in [-0.05, 0) is 54.8 Å². The predicted molar refractivity (Wildman–Crippen MR) is 151 cm³/mol. The van der Waals surface area contributed by atoms with E-state index in [0.717, 1.165) is 30.3 Å². The Kier molecular flexibility index (Phi) is 7.72. The van der Waals surface area contributed by atoms with Crippen LogP contribution in [0.5, 0.6) is 5.88 Å². The molecule has 9 nitrogen and oxygen atoms in total. The first-order chi connectivity index (χ1) is 20.3. The maximum Gasteiger partial charge on any atom is 0.214 e. The second kappa shape index (κ2) is 11.6. The van der Waals surface area contributed by atoms with Gasteiger partial charge in [0.05, 0.1) is 29.4 Å². The Morgan fingerprint density at radius 1 is 1.07 bits per heavy atom. The lowest BCUT2D eigenvalue weighted by atomic mass is 10.0. The van der Waals surface area contributed by atoms with E-state index in [1.165, 1.54) is 6.07 Å². The lowest BCUT2D eigenvalue weighted by Crippen LogP contribution is -2.31. The zero-order chi connectivity index (χ0) is 29.4. The number of benzene rings is 2. The van der Waals surface area contributed by atoms with Crippen molar-refractivity contribution in [1.82, 2.24) is 24.3 Å². The van der Waals surface area contributed by atoms with Crippen molar-refractivity contribution in [2.45, 2.75) is 51.7 Å². The van der Waals surface area contributed by atoms with Gasteiger partial charge in [-0.3, -0.25) is 4.68 Å². The van der Waals surface area contributed by atoms with Crippen LogP contribution in [0.25, 0.3) is 22.3 Å². The van der Waals surface area contributed by atoms with Crippen LogP contribution < -0.4 is 4.74 Å². The fourth-order valence-electron chi connectivity index (χ4n) is 5.18. The van der Waals surface area contributed by atoms with Crippen molar-refractivity contribution in [2.75, 3.05) is 6.61 Å². The SMILES string of the molecule is CCc1cc(COc2cccc(-c3cc(F)c(Cc4nc5ccc(C(O)O)cc5n4C[C@@H]4CCO4)cc3F)n2)nn1C. The van der Waals surface area contributed by atoms with Crippen molar-refractivity contribution in [3.05, 3.63) is 94.6 Å². The summed E-state index contributed by atoms with van der Waals surface area (Å²) in [5, 5.41) is 23.7. The Labute approximate surface area is 241 Å². The number of pyridine rings is 1. The first kappa shape index (κ1) is 28.0. The number of hydrogen-bond acceptors (Lipinski definition) is 7. The number of aliphatic hydroxyl groups is 2. The van der Waals surface area contributed by atoms with Gasteiger partial charge in [-0.15, -0.1) is 0 Å². The summed E-state index contributed by atoms with van der Waals surface area (Å²) >= 11 is 0. The molecule has 2 aromatic carbocycles. The fourth-order valence-corrected chi connectivity index (χ4v) is 5.18. The third-order valence-corrected chi connectivity index (χ3v) is 7.57. The topological polar surface area (TPSA) is 107 Å². The second-order valence-electron chi connectivity index (χ2n) is 10.4. The molecule has 1 fully saturated rings. The van der Waals surface area contributed by atoms with Crippen molar-refractivity contribution in [3.63, 3.8) is 0 Å². The molecule has 2 N–H and O–H groups in total. The summed E-state index contributed by atoms with van der Waals surface area (Å²) in [5.41, 5.74) is 3.83. The lowest BCUT2D eigenvalue weighted by Gasteiger charge is -2.27. The smallest absolute Gasteiger partial charge is 0.214 e. The van der Waals surface area contributed by atoms with E-state index in [1.807, 2.05) is 24.6 Å². The van der Waals surface area contributed by atoms with Crippen molar-refractivity contribution in [2.24, 2.45) is 7.05 Å². The van der Waals surface area contributed by atoms with Gasteiger partial charge in [0.15, 0.2) is 6.29 Å². The number of aromatic nitrogens is 5. The Morgan fingerprint density at radius 2 is 1.90 bits per heavy atom. The van der Waals surface area contributed by atoms with Gasteiger partial charge >= 0.3 is 0 Å². The number of aliphatic hydroxyl groups excluding tert-OH is 1. The van der Waals surface area contributed by atoms with Gasteiger partial charge in [-0.1, -0.05) is 19.1 Å². The Morgan fingerprint density at radius 3 is 2.62 bits per heavy atom. The molecule has 1 aliphatic rings. The summed E-state index contributed by atoms with van der Waals surface area (Å²) in [6, 6.07) is 14.1. The molecule has 3 aromatic heterocycles. The summed E-state index contributed by atoms with van der Waals surface area (Å²) in [4.78, 5) is 9.06. The van der Waals surface area contributed by atoms with Crippen LogP contribution >= 0.6 is 0 Å². The highest BCUT2D eigenvalue weighted by Crippen LogP contribution is 2.29. The molecule has 1 atom stereocenters. The molecule has 0 unspecified atom stereocenters. The van der Waals surface area contributed by atoms with Crippen LogP contribution in [-0.4, -0.2) is 47.2 Å². The van der Waals surface area contributed by atoms with E-state index in [2.05, 4.69) is 15.1 Å². The van der Waals surface area contributed by atoms with Gasteiger partial charge < -0.3 is 24.3 Å². The molecule has 218 valence electrons. The molecule has 1 saturated heterocycles. The van der Waals surface area contributed by atoms with Crippen LogP contribution in [0, 0.1) is 11.6 Å². The zero-order valence-electron chi connectivity index (χ0n) is 23.3. The first-order valence-corrected chi connectivity index (χ1v) is 13.9. The van der Waals surface area contributed by atoms with Gasteiger partial charge in [-0.25, -0.2) is 18.7 Å². The average molecular weight is 576 g/mol. The van der Waals surface area contributed by atoms with Crippen LogP contribution in [-0.2, 0) is 37.8 Å². The summed E-state index contributed by atoms with van der Waals surface area (Å²) in [6.45, 7) is 3.38. The largest absolute Gasteiger partial charge is 0.471 e. The summed E-state index contributed by atoms with van der Waals surface area (Å²) < 4.78 is 46.0. The standard InChI is InChI=1S/C31H31F2N5O4/c1-3-21-14-20(36-37(21)2)17-42-30-6-4-5-26(35-30)23-15-24(32)19(11-25(23)33)13-29-34-27-8-7-18(31(39)40)12-28(27)38(29)16-22-9-10-41-22/h4-8,11-12,14-15,22,31,39-40H,3,9-10,13,16-17H2,1-2H3/t22-/m0/s1. The molecule has 0 bridgehead atoms. The van der Waals surface area contributed by atoms with Crippen LogP contribution in [0.2, 0.25) is 0 Å². The molecule has 0 spiro atoms. The molecule has 42 heavy (non-hydrogen) atoms. The minimum absolute atomic E-state index is 0.0192. The van der Waals surface area contributed by atoms with E-state index in [1.54, 1.807) is 41.1 Å². The zero-order valence-corrected chi connectivity index (χ0v) is 23.3. The van der Waals surface area contributed by atoms with Crippen LogP contribution in [0.15, 0.2) is 54.6 Å². The summed E-state index contributed by atoms with van der Waals surface area (Å²) in [7, 11) is 1.87. The molecule has 0 saturated carbocycles. The Balaban J connectivity index is 1.26. The molecule has 0 radical (unpaired) electrons. The van der Waals surface area contributed by atoms with Gasteiger partial charge in [0, 0.05) is 43.0 Å². The quantitative estimate of drug-likeness (QED) is 0.234. The van der Waals surface area contributed by atoms with E-state index in [9.17, 15) is 10.2 Å². The average Bonchev–Trinajstić information content (AvgIpc) is 3.49. The predicted octanol–water partition coefficient (Wildman–Crippen LogP) is 4.61. The molecule has 5 aromatic rings. The number of fused-ring (bicyclic) bond motifs is 1. The number of rotatable bonds is 10. The normalized spacial score (nSPS) is 15.0. The van der Waals surface area contributed by atoms with Gasteiger partial charge in [0.25, 0.3) is 0 Å². The number of aryl methyl sites for hydroxylation is 2. The second-order valence-corrected chi connectivity index (χ2v) is 10.4. The third-order valence-electron chi connectivity index (χ3n) is 7.57. The Bertz CT molecular complexity index is 1750. The molecule has 0 aliphatic carbocycles. The maximum absolute atomic E-state index is 15.5. The monoisotopic (exact) mass is 575 g/mol. The van der Waals surface area contributed by atoms with Crippen molar-refractivity contribution < 1.29 is 28.5 Å². The number of halogens is 2. The van der Waals surface area contributed by atoms with Gasteiger partial charge in [0.1, 0.15) is 29.8 Å². The number of nitrogens with zero attached hydrogens (tertiary/aromatic N) is 5. The van der Waals surface area contributed by atoms with Crippen LogP contribution in [0.1, 0.15) is 48.0 Å². The molecule has 1 aliphatic heterocycles. The van der Waals surface area contributed by atoms with Crippen molar-refractivity contribution in [1.29, 1.82) is 0 Å². The highest BCUT2D eigenvalue weighted by molar-refractivity contribution is 5.77. The highest BCUT2D eigenvalue weighted by Gasteiger charge is 2.23. The molecule has 4 heterocycles. The fraction of sp³-hybridized carbons (Fsp3) is 0.323. The van der Waals surface area contributed by atoms with E-state index in [-0.39, 0.29) is 41.8 Å². The van der Waals surface area contributed by atoms with Crippen LogP contribution in [0.3, 0.4) is 0 Å². The maximum atomic E-state index is 15.5. The highest BCUT2D eigenvalue weighted by atomic mass is 19.1. The summed E-state index contributed by atoms with van der Waals surface area (Å²) in [5.74, 6) is -0.418. The number of ether oxygens (including phenoxy) is 2. The van der Waals surface area contributed by atoms with E-state index in [0.29, 0.717) is 35.6 Å². The van der Waals surface area contributed by atoms with E-state index < -0.39 is 17.9 Å². The Hall–Kier alpha value is -4.19. The molecular weight excluding hydrogens is 544 g/mol. The molecule has 6 rings (SSSR count). The van der Waals surface area contributed by atoms with Crippen molar-refractivity contribution in [3.8, 4) is 17.1 Å². The molecule has 11 heteroatoms.